The minimum Gasteiger partial charge on any atom is -0.390 e. The number of aliphatic hydroxyl groups is 1. The molecule has 2 rings (SSSR count). The van der Waals surface area contributed by atoms with Crippen molar-refractivity contribution in [3.63, 3.8) is 0 Å². The first kappa shape index (κ1) is 15.7. The molecule has 1 aliphatic heterocycles. The van der Waals surface area contributed by atoms with Crippen molar-refractivity contribution in [2.45, 2.75) is 25.9 Å². The summed E-state index contributed by atoms with van der Waals surface area (Å²) >= 11 is 0. The normalized spacial score (nSPS) is 18.2. The van der Waals surface area contributed by atoms with Crippen LogP contribution in [-0.2, 0) is 0 Å². The molecule has 6 nitrogen and oxygen atoms in total. The van der Waals surface area contributed by atoms with Crippen LogP contribution in [0.5, 0.6) is 0 Å². The Kier molecular flexibility index (Phi) is 5.95. The summed E-state index contributed by atoms with van der Waals surface area (Å²) in [6, 6.07) is 3.11. The van der Waals surface area contributed by atoms with E-state index in [0.717, 1.165) is 19.0 Å². The predicted octanol–water partition coefficient (Wildman–Crippen LogP) is 1.30. The molecule has 0 radical (unpaired) electrons. The number of piperidine rings is 1. The molecule has 0 aliphatic carbocycles. The van der Waals surface area contributed by atoms with Crippen LogP contribution < -0.4 is 10.6 Å². The smallest absolute Gasteiger partial charge is 0.319 e. The van der Waals surface area contributed by atoms with Crippen LogP contribution in [0.25, 0.3) is 0 Å². The Morgan fingerprint density at radius 2 is 2.10 bits per heavy atom. The largest absolute Gasteiger partial charge is 0.390 e. The van der Waals surface area contributed by atoms with Crippen LogP contribution in [-0.4, -0.2) is 53.3 Å². The lowest BCUT2D eigenvalue weighted by atomic mass is 9.99. The van der Waals surface area contributed by atoms with Gasteiger partial charge in [-0.25, -0.2) is 4.79 Å². The van der Waals surface area contributed by atoms with Gasteiger partial charge in [0.2, 0.25) is 0 Å². The number of urea groups is 1. The molecule has 6 heteroatoms. The van der Waals surface area contributed by atoms with E-state index >= 15 is 0 Å². The van der Waals surface area contributed by atoms with Gasteiger partial charge in [0.15, 0.2) is 0 Å². The van der Waals surface area contributed by atoms with Crippen LogP contribution in [0, 0.1) is 5.92 Å². The minimum atomic E-state index is -0.540. The highest BCUT2D eigenvalue weighted by Crippen LogP contribution is 2.15. The number of β-amino-alcohol motifs (C(OH)–C–C–N with tert-alkyl or cyclic N) is 1. The number of hydrogen-bond donors (Lipinski definition) is 3. The van der Waals surface area contributed by atoms with Gasteiger partial charge >= 0.3 is 6.03 Å². The number of rotatable bonds is 5. The molecule has 1 aliphatic rings. The maximum atomic E-state index is 11.7. The summed E-state index contributed by atoms with van der Waals surface area (Å²) in [7, 11) is 0. The van der Waals surface area contributed by atoms with Crippen LogP contribution in [0.1, 0.15) is 19.8 Å². The van der Waals surface area contributed by atoms with E-state index in [4.69, 9.17) is 0 Å². The number of nitrogens with zero attached hydrogens (tertiary/aromatic N) is 2. The molecular formula is C15H24N4O2. The Bertz CT molecular complexity index is 433. The van der Waals surface area contributed by atoms with E-state index in [1.165, 1.54) is 12.8 Å². The maximum Gasteiger partial charge on any atom is 0.319 e. The van der Waals surface area contributed by atoms with Gasteiger partial charge in [0.25, 0.3) is 0 Å². The molecule has 0 aromatic carbocycles. The van der Waals surface area contributed by atoms with Crippen molar-refractivity contribution in [3.8, 4) is 0 Å². The van der Waals surface area contributed by atoms with Crippen LogP contribution in [0.4, 0.5) is 10.5 Å². The third-order valence-electron chi connectivity index (χ3n) is 3.78. The lowest BCUT2D eigenvalue weighted by Gasteiger charge is -2.31. The van der Waals surface area contributed by atoms with Crippen molar-refractivity contribution in [2.24, 2.45) is 5.92 Å². The predicted molar refractivity (Wildman–Crippen MR) is 82.1 cm³/mol. The fourth-order valence-electron chi connectivity index (χ4n) is 2.43. The van der Waals surface area contributed by atoms with Crippen molar-refractivity contribution in [1.29, 1.82) is 0 Å². The highest BCUT2D eigenvalue weighted by molar-refractivity contribution is 5.89. The Hall–Kier alpha value is -1.66. The topological polar surface area (TPSA) is 77.5 Å². The SMILES string of the molecule is CC1CCN(C[C@@H](O)CNC(=O)Nc2ccncc2)CC1. The summed E-state index contributed by atoms with van der Waals surface area (Å²) in [6.45, 7) is 5.19. The summed E-state index contributed by atoms with van der Waals surface area (Å²) in [5, 5.41) is 15.4. The van der Waals surface area contributed by atoms with Crippen LogP contribution in [0.2, 0.25) is 0 Å². The van der Waals surface area contributed by atoms with Crippen LogP contribution in [0.15, 0.2) is 24.5 Å². The van der Waals surface area contributed by atoms with Gasteiger partial charge in [-0.15, -0.1) is 0 Å². The molecular weight excluding hydrogens is 268 g/mol. The van der Waals surface area contributed by atoms with Gasteiger partial charge in [0.05, 0.1) is 6.10 Å². The van der Waals surface area contributed by atoms with Gasteiger partial charge in [0, 0.05) is 31.2 Å². The summed E-state index contributed by atoms with van der Waals surface area (Å²) in [5.41, 5.74) is 0.682. The van der Waals surface area contributed by atoms with E-state index in [1.54, 1.807) is 24.5 Å². The van der Waals surface area contributed by atoms with E-state index < -0.39 is 6.10 Å². The molecule has 2 amide bonds. The lowest BCUT2D eigenvalue weighted by molar-refractivity contribution is 0.0924. The Morgan fingerprint density at radius 3 is 2.76 bits per heavy atom. The van der Waals surface area contributed by atoms with Crippen molar-refractivity contribution in [1.82, 2.24) is 15.2 Å². The molecule has 1 atom stereocenters. The second-order valence-corrected chi connectivity index (χ2v) is 5.71. The second kappa shape index (κ2) is 7.95. The van der Waals surface area contributed by atoms with E-state index in [1.807, 2.05) is 0 Å². The van der Waals surface area contributed by atoms with Gasteiger partial charge in [-0.2, -0.15) is 0 Å². The van der Waals surface area contributed by atoms with E-state index in [-0.39, 0.29) is 12.6 Å². The molecule has 21 heavy (non-hydrogen) atoms. The van der Waals surface area contributed by atoms with Gasteiger partial charge in [-0.05, 0) is 44.0 Å². The first-order valence-corrected chi connectivity index (χ1v) is 7.49. The summed E-state index contributed by atoms with van der Waals surface area (Å²) < 4.78 is 0. The number of hydrogen-bond acceptors (Lipinski definition) is 4. The number of nitrogens with one attached hydrogen (secondary N) is 2. The quantitative estimate of drug-likeness (QED) is 0.764. The van der Waals surface area contributed by atoms with E-state index in [0.29, 0.717) is 12.2 Å². The fraction of sp³-hybridized carbons (Fsp3) is 0.600. The molecule has 116 valence electrons. The number of amides is 2. The second-order valence-electron chi connectivity index (χ2n) is 5.71. The number of anilines is 1. The molecule has 1 aromatic rings. The number of carbonyl (C=O) groups is 1. The highest BCUT2D eigenvalue weighted by atomic mass is 16.3. The first-order chi connectivity index (χ1) is 10.1. The zero-order chi connectivity index (χ0) is 15.1. The van der Waals surface area contributed by atoms with Gasteiger partial charge in [0.1, 0.15) is 0 Å². The molecule has 0 saturated carbocycles. The number of likely N-dealkylation sites (tertiary alicyclic amines) is 1. The number of carbonyl (C=O) groups excluding carboxylic acids is 1. The summed E-state index contributed by atoms with van der Waals surface area (Å²) in [4.78, 5) is 17.8. The highest BCUT2D eigenvalue weighted by Gasteiger charge is 2.18. The Morgan fingerprint density at radius 1 is 1.43 bits per heavy atom. The Balaban J connectivity index is 1.64. The molecule has 3 N–H and O–H groups in total. The van der Waals surface area contributed by atoms with Gasteiger partial charge in [-0.1, -0.05) is 6.92 Å². The van der Waals surface area contributed by atoms with Crippen molar-refractivity contribution >= 4 is 11.7 Å². The maximum absolute atomic E-state index is 11.7. The monoisotopic (exact) mass is 292 g/mol. The van der Waals surface area contributed by atoms with Crippen molar-refractivity contribution in [2.75, 3.05) is 31.5 Å². The average molecular weight is 292 g/mol. The van der Waals surface area contributed by atoms with Gasteiger partial charge < -0.3 is 20.6 Å². The molecule has 1 fully saturated rings. The molecule has 0 bridgehead atoms. The molecule has 0 unspecified atom stereocenters. The van der Waals surface area contributed by atoms with Crippen LogP contribution in [0.3, 0.4) is 0 Å². The molecule has 2 heterocycles. The molecule has 1 aromatic heterocycles. The molecule has 1 saturated heterocycles. The van der Waals surface area contributed by atoms with Crippen molar-refractivity contribution in [3.05, 3.63) is 24.5 Å². The zero-order valence-electron chi connectivity index (χ0n) is 12.5. The summed E-state index contributed by atoms with van der Waals surface area (Å²) in [5.74, 6) is 0.780. The molecule has 0 spiro atoms. The van der Waals surface area contributed by atoms with Gasteiger partial charge in [-0.3, -0.25) is 4.98 Å². The van der Waals surface area contributed by atoms with E-state index in [9.17, 15) is 9.90 Å². The average Bonchev–Trinajstić information content (AvgIpc) is 2.49. The van der Waals surface area contributed by atoms with Crippen molar-refractivity contribution < 1.29 is 9.90 Å². The number of aromatic nitrogens is 1. The third kappa shape index (κ3) is 5.69. The lowest BCUT2D eigenvalue weighted by Crippen LogP contribution is -2.43. The number of aliphatic hydroxyl groups excluding tert-OH is 1. The zero-order valence-corrected chi connectivity index (χ0v) is 12.5. The summed E-state index contributed by atoms with van der Waals surface area (Å²) in [6.07, 6.45) is 5.05. The minimum absolute atomic E-state index is 0.253. The standard InChI is InChI=1S/C15H24N4O2/c1-12-4-8-19(9-5-12)11-14(20)10-17-15(21)18-13-2-6-16-7-3-13/h2-3,6-7,12,14,20H,4-5,8-11H2,1H3,(H2,16,17,18,21)/t14-/m0/s1. The first-order valence-electron chi connectivity index (χ1n) is 7.49. The van der Waals surface area contributed by atoms with Crippen LogP contribution >= 0.6 is 0 Å². The fourth-order valence-corrected chi connectivity index (χ4v) is 2.43. The van der Waals surface area contributed by atoms with E-state index in [2.05, 4.69) is 27.4 Å². The Labute approximate surface area is 125 Å². The third-order valence-corrected chi connectivity index (χ3v) is 3.78. The number of pyridine rings is 1.